The summed E-state index contributed by atoms with van der Waals surface area (Å²) in [6.45, 7) is 4.60. The van der Waals surface area contributed by atoms with E-state index in [9.17, 15) is 4.79 Å². The van der Waals surface area contributed by atoms with Crippen molar-refractivity contribution in [3.63, 3.8) is 0 Å². The lowest BCUT2D eigenvalue weighted by Gasteiger charge is -2.14. The van der Waals surface area contributed by atoms with Crippen molar-refractivity contribution in [3.8, 4) is 17.2 Å². The third kappa shape index (κ3) is 5.51. The maximum absolute atomic E-state index is 12.4. The second kappa shape index (κ2) is 9.67. The third-order valence-corrected chi connectivity index (χ3v) is 4.02. The predicted molar refractivity (Wildman–Crippen MR) is 108 cm³/mol. The van der Waals surface area contributed by atoms with E-state index in [0.29, 0.717) is 35.3 Å². The number of methoxy groups -OCH3 is 3. The molecular formula is C22H27NO4. The Balaban J connectivity index is 2.07. The smallest absolute Gasteiger partial charge is 0.251 e. The first-order valence-electron chi connectivity index (χ1n) is 8.83. The lowest BCUT2D eigenvalue weighted by molar-refractivity contribution is 0.0951. The third-order valence-electron chi connectivity index (χ3n) is 4.02. The van der Waals surface area contributed by atoms with Crippen molar-refractivity contribution in [2.45, 2.75) is 20.4 Å². The largest absolute Gasteiger partial charge is 0.493 e. The number of hydrogen-bond donors (Lipinski definition) is 1. The molecule has 2 rings (SSSR count). The Morgan fingerprint density at radius 1 is 1.00 bits per heavy atom. The molecule has 2 aromatic carbocycles. The molecule has 0 aliphatic rings. The number of carbonyl (C=O) groups is 1. The summed E-state index contributed by atoms with van der Waals surface area (Å²) in [5.41, 5.74) is 2.54. The highest BCUT2D eigenvalue weighted by Crippen LogP contribution is 2.38. The van der Waals surface area contributed by atoms with Gasteiger partial charge in [-0.3, -0.25) is 4.79 Å². The number of nitrogens with one attached hydrogen (secondary N) is 1. The molecule has 0 spiro atoms. The first kappa shape index (κ1) is 20.4. The van der Waals surface area contributed by atoms with Gasteiger partial charge in [0.05, 0.1) is 21.3 Å². The first-order chi connectivity index (χ1) is 13.0. The highest BCUT2D eigenvalue weighted by Gasteiger charge is 2.14. The van der Waals surface area contributed by atoms with Crippen LogP contribution in [-0.4, -0.2) is 27.2 Å². The van der Waals surface area contributed by atoms with Crippen LogP contribution in [0.3, 0.4) is 0 Å². The summed E-state index contributed by atoms with van der Waals surface area (Å²) in [7, 11) is 4.69. The summed E-state index contributed by atoms with van der Waals surface area (Å²) in [5, 5.41) is 2.92. The van der Waals surface area contributed by atoms with Crippen LogP contribution in [-0.2, 0) is 6.54 Å². The van der Waals surface area contributed by atoms with Gasteiger partial charge in [0, 0.05) is 12.1 Å². The number of carbonyl (C=O) groups excluding carboxylic acids is 1. The van der Waals surface area contributed by atoms with Crippen molar-refractivity contribution in [3.05, 3.63) is 59.2 Å². The van der Waals surface area contributed by atoms with E-state index in [1.807, 2.05) is 36.4 Å². The molecule has 0 saturated carbocycles. The number of rotatable bonds is 8. The van der Waals surface area contributed by atoms with Gasteiger partial charge in [0.15, 0.2) is 11.5 Å². The molecule has 0 atom stereocenters. The van der Waals surface area contributed by atoms with E-state index >= 15 is 0 Å². The van der Waals surface area contributed by atoms with Crippen LogP contribution in [0.25, 0.3) is 6.08 Å². The molecule has 0 aliphatic carbocycles. The fraction of sp³-hybridized carbons (Fsp3) is 0.318. The van der Waals surface area contributed by atoms with Crippen molar-refractivity contribution >= 4 is 12.0 Å². The van der Waals surface area contributed by atoms with Gasteiger partial charge in [-0.05, 0) is 41.3 Å². The van der Waals surface area contributed by atoms with E-state index in [1.165, 1.54) is 0 Å². The molecule has 0 radical (unpaired) electrons. The number of hydrogen-bond acceptors (Lipinski definition) is 4. The van der Waals surface area contributed by atoms with E-state index in [2.05, 4.69) is 31.3 Å². The van der Waals surface area contributed by atoms with Gasteiger partial charge >= 0.3 is 0 Å². The molecule has 5 nitrogen and oxygen atoms in total. The average Bonchev–Trinajstić information content (AvgIpc) is 2.69. The SMILES string of the molecule is COc1cc(CNC(=O)c2ccc(C=CC(C)C)cc2)cc(OC)c1OC. The minimum Gasteiger partial charge on any atom is -0.493 e. The summed E-state index contributed by atoms with van der Waals surface area (Å²) in [5.74, 6) is 2.00. The van der Waals surface area contributed by atoms with Gasteiger partial charge in [0.25, 0.3) is 5.91 Å². The highest BCUT2D eigenvalue weighted by atomic mass is 16.5. The molecule has 0 heterocycles. The molecule has 1 N–H and O–H groups in total. The van der Waals surface area contributed by atoms with Crippen LogP contribution in [0.5, 0.6) is 17.2 Å². The normalized spacial score (nSPS) is 10.9. The molecule has 1 amide bonds. The quantitative estimate of drug-likeness (QED) is 0.753. The molecule has 0 aromatic heterocycles. The van der Waals surface area contributed by atoms with Crippen LogP contribution in [0.2, 0.25) is 0 Å². The number of benzene rings is 2. The first-order valence-corrected chi connectivity index (χ1v) is 8.83. The fourth-order valence-corrected chi connectivity index (χ4v) is 2.57. The highest BCUT2D eigenvalue weighted by molar-refractivity contribution is 5.94. The Hall–Kier alpha value is -2.95. The molecular weight excluding hydrogens is 342 g/mol. The van der Waals surface area contributed by atoms with Gasteiger partial charge in [-0.2, -0.15) is 0 Å². The molecule has 0 fully saturated rings. The van der Waals surface area contributed by atoms with Crippen LogP contribution < -0.4 is 19.5 Å². The minimum absolute atomic E-state index is 0.136. The van der Waals surface area contributed by atoms with Crippen molar-refractivity contribution in [1.82, 2.24) is 5.32 Å². The van der Waals surface area contributed by atoms with Crippen LogP contribution in [0, 0.1) is 5.92 Å². The van der Waals surface area contributed by atoms with Crippen LogP contribution >= 0.6 is 0 Å². The molecule has 5 heteroatoms. The van der Waals surface area contributed by atoms with E-state index in [4.69, 9.17) is 14.2 Å². The van der Waals surface area contributed by atoms with Crippen LogP contribution in [0.4, 0.5) is 0 Å². The van der Waals surface area contributed by atoms with Gasteiger partial charge < -0.3 is 19.5 Å². The minimum atomic E-state index is -0.136. The summed E-state index contributed by atoms with van der Waals surface area (Å²) < 4.78 is 16.0. The maximum Gasteiger partial charge on any atom is 0.251 e. The summed E-state index contributed by atoms with van der Waals surface area (Å²) >= 11 is 0. The van der Waals surface area contributed by atoms with E-state index < -0.39 is 0 Å². The Morgan fingerprint density at radius 2 is 1.59 bits per heavy atom. The zero-order valence-corrected chi connectivity index (χ0v) is 16.5. The molecule has 0 bridgehead atoms. The van der Waals surface area contributed by atoms with Gasteiger partial charge in [-0.25, -0.2) is 0 Å². The lowest BCUT2D eigenvalue weighted by Crippen LogP contribution is -2.22. The standard InChI is InChI=1S/C22H27NO4/c1-15(2)6-7-16-8-10-18(11-9-16)22(24)23-14-17-12-19(25-3)21(27-5)20(13-17)26-4/h6-13,15H,14H2,1-5H3,(H,23,24). The van der Waals surface area contributed by atoms with Crippen molar-refractivity contribution in [1.29, 1.82) is 0 Å². The van der Waals surface area contributed by atoms with Gasteiger partial charge in [0.1, 0.15) is 0 Å². The van der Waals surface area contributed by atoms with Gasteiger partial charge in [-0.15, -0.1) is 0 Å². The van der Waals surface area contributed by atoms with E-state index in [-0.39, 0.29) is 5.91 Å². The summed E-state index contributed by atoms with van der Waals surface area (Å²) in [4.78, 5) is 12.4. The summed E-state index contributed by atoms with van der Waals surface area (Å²) in [6, 6.07) is 11.2. The van der Waals surface area contributed by atoms with E-state index in [0.717, 1.165) is 11.1 Å². The van der Waals surface area contributed by atoms with Crippen molar-refractivity contribution in [2.75, 3.05) is 21.3 Å². The van der Waals surface area contributed by atoms with E-state index in [1.54, 1.807) is 21.3 Å². The predicted octanol–water partition coefficient (Wildman–Crippen LogP) is 4.31. The Morgan fingerprint density at radius 3 is 2.07 bits per heavy atom. The molecule has 2 aromatic rings. The molecule has 0 unspecified atom stereocenters. The average molecular weight is 369 g/mol. The fourth-order valence-electron chi connectivity index (χ4n) is 2.57. The number of amides is 1. The lowest BCUT2D eigenvalue weighted by atomic mass is 10.1. The molecule has 0 aliphatic heterocycles. The monoisotopic (exact) mass is 369 g/mol. The Kier molecular flexibility index (Phi) is 7.29. The maximum atomic E-state index is 12.4. The second-order valence-electron chi connectivity index (χ2n) is 6.44. The number of ether oxygens (including phenoxy) is 3. The van der Waals surface area contributed by atoms with Crippen LogP contribution in [0.1, 0.15) is 35.3 Å². The molecule has 144 valence electrons. The van der Waals surface area contributed by atoms with Gasteiger partial charge in [0.2, 0.25) is 5.75 Å². The topological polar surface area (TPSA) is 56.8 Å². The molecule has 0 saturated heterocycles. The van der Waals surface area contributed by atoms with Crippen molar-refractivity contribution in [2.24, 2.45) is 5.92 Å². The second-order valence-corrected chi connectivity index (χ2v) is 6.44. The Labute approximate surface area is 161 Å². The van der Waals surface area contributed by atoms with Crippen LogP contribution in [0.15, 0.2) is 42.5 Å². The van der Waals surface area contributed by atoms with Crippen molar-refractivity contribution < 1.29 is 19.0 Å². The Bertz CT molecular complexity index is 769. The van der Waals surface area contributed by atoms with Gasteiger partial charge in [-0.1, -0.05) is 38.1 Å². The summed E-state index contributed by atoms with van der Waals surface area (Å²) in [6.07, 6.45) is 4.18. The number of allylic oxidation sites excluding steroid dienone is 1. The zero-order chi connectivity index (χ0) is 19.8. The molecule has 27 heavy (non-hydrogen) atoms. The zero-order valence-electron chi connectivity index (χ0n) is 16.5.